The van der Waals surface area contributed by atoms with Gasteiger partial charge in [-0.3, -0.25) is 0 Å². The van der Waals surface area contributed by atoms with Crippen LogP contribution in [0.4, 0.5) is 0 Å². The Labute approximate surface area is 83.3 Å². The highest BCUT2D eigenvalue weighted by molar-refractivity contribution is 5.40. The maximum absolute atomic E-state index is 9.14. The standard InChI is InChI=1S/C11H14O3/c1-2-3-4-5-14-11-7-9(12)6-10(13)8-11/h2,6-8,12-13H,1,3-5H2. The Kier molecular flexibility index (Phi) is 3.85. The van der Waals surface area contributed by atoms with E-state index >= 15 is 0 Å². The molecule has 0 atom stereocenters. The van der Waals surface area contributed by atoms with Crippen LogP contribution in [0.5, 0.6) is 17.2 Å². The molecule has 76 valence electrons. The topological polar surface area (TPSA) is 49.7 Å². The monoisotopic (exact) mass is 194 g/mol. The van der Waals surface area contributed by atoms with E-state index in [0.717, 1.165) is 12.8 Å². The van der Waals surface area contributed by atoms with Crippen molar-refractivity contribution in [1.29, 1.82) is 0 Å². The minimum atomic E-state index is 0.00345. The predicted molar refractivity (Wildman–Crippen MR) is 54.7 cm³/mol. The van der Waals surface area contributed by atoms with Gasteiger partial charge in [0.2, 0.25) is 0 Å². The van der Waals surface area contributed by atoms with Crippen molar-refractivity contribution < 1.29 is 14.9 Å². The van der Waals surface area contributed by atoms with Gasteiger partial charge in [-0.2, -0.15) is 0 Å². The van der Waals surface area contributed by atoms with E-state index in [4.69, 9.17) is 14.9 Å². The third kappa shape index (κ3) is 3.39. The molecule has 0 unspecified atom stereocenters. The van der Waals surface area contributed by atoms with Gasteiger partial charge in [0.1, 0.15) is 17.2 Å². The minimum absolute atomic E-state index is 0.00345. The van der Waals surface area contributed by atoms with Crippen LogP contribution in [0.3, 0.4) is 0 Å². The number of allylic oxidation sites excluding steroid dienone is 1. The van der Waals surface area contributed by atoms with Crippen LogP contribution in [-0.2, 0) is 0 Å². The number of hydrogen-bond acceptors (Lipinski definition) is 3. The minimum Gasteiger partial charge on any atom is -0.508 e. The van der Waals surface area contributed by atoms with Gasteiger partial charge in [-0.15, -0.1) is 6.58 Å². The van der Waals surface area contributed by atoms with Crippen molar-refractivity contribution in [3.63, 3.8) is 0 Å². The van der Waals surface area contributed by atoms with Crippen molar-refractivity contribution in [1.82, 2.24) is 0 Å². The molecule has 0 saturated carbocycles. The summed E-state index contributed by atoms with van der Waals surface area (Å²) in [6, 6.07) is 4.19. The maximum Gasteiger partial charge on any atom is 0.126 e. The first kappa shape index (κ1) is 10.4. The average Bonchev–Trinajstić information content (AvgIpc) is 2.11. The average molecular weight is 194 g/mol. The Balaban J connectivity index is 2.46. The van der Waals surface area contributed by atoms with Crippen molar-refractivity contribution in [2.45, 2.75) is 12.8 Å². The Morgan fingerprint density at radius 3 is 2.43 bits per heavy atom. The van der Waals surface area contributed by atoms with Gasteiger partial charge in [0.15, 0.2) is 0 Å². The van der Waals surface area contributed by atoms with Crippen LogP contribution in [-0.4, -0.2) is 16.8 Å². The second-order valence-electron chi connectivity index (χ2n) is 2.96. The molecule has 14 heavy (non-hydrogen) atoms. The molecular weight excluding hydrogens is 180 g/mol. The van der Waals surface area contributed by atoms with Gasteiger partial charge in [-0.25, -0.2) is 0 Å². The van der Waals surface area contributed by atoms with Crippen LogP contribution in [0.15, 0.2) is 30.9 Å². The summed E-state index contributed by atoms with van der Waals surface area (Å²) in [6.07, 6.45) is 3.59. The third-order valence-electron chi connectivity index (χ3n) is 1.70. The lowest BCUT2D eigenvalue weighted by atomic mass is 10.3. The summed E-state index contributed by atoms with van der Waals surface area (Å²) in [7, 11) is 0. The maximum atomic E-state index is 9.14. The third-order valence-corrected chi connectivity index (χ3v) is 1.70. The number of ether oxygens (including phenoxy) is 1. The largest absolute Gasteiger partial charge is 0.508 e. The molecule has 0 aliphatic carbocycles. The van der Waals surface area contributed by atoms with Crippen LogP contribution >= 0.6 is 0 Å². The number of hydrogen-bond donors (Lipinski definition) is 2. The van der Waals surface area contributed by atoms with E-state index < -0.39 is 0 Å². The lowest BCUT2D eigenvalue weighted by molar-refractivity contribution is 0.308. The lowest BCUT2D eigenvalue weighted by Crippen LogP contribution is -1.96. The quantitative estimate of drug-likeness (QED) is 0.559. The molecule has 1 aromatic carbocycles. The molecule has 0 amide bonds. The fraction of sp³-hybridized carbons (Fsp3) is 0.273. The molecule has 0 spiro atoms. The van der Waals surface area contributed by atoms with Crippen LogP contribution in [0.2, 0.25) is 0 Å². The molecule has 1 rings (SSSR count). The molecule has 0 bridgehead atoms. The first-order valence-corrected chi connectivity index (χ1v) is 4.49. The van der Waals surface area contributed by atoms with Gasteiger partial charge < -0.3 is 14.9 Å². The van der Waals surface area contributed by atoms with Crippen molar-refractivity contribution in [2.24, 2.45) is 0 Å². The second-order valence-corrected chi connectivity index (χ2v) is 2.96. The molecule has 0 radical (unpaired) electrons. The highest BCUT2D eigenvalue weighted by Gasteiger charge is 1.99. The molecule has 1 aromatic rings. The zero-order valence-electron chi connectivity index (χ0n) is 7.94. The Morgan fingerprint density at radius 2 is 1.86 bits per heavy atom. The normalized spacial score (nSPS) is 9.71. The van der Waals surface area contributed by atoms with Crippen LogP contribution < -0.4 is 4.74 Å². The number of phenols is 2. The second kappa shape index (κ2) is 5.17. The predicted octanol–water partition coefficient (Wildman–Crippen LogP) is 2.44. The first-order chi connectivity index (χ1) is 6.72. The van der Waals surface area contributed by atoms with Crippen LogP contribution in [0.1, 0.15) is 12.8 Å². The van der Waals surface area contributed by atoms with Gasteiger partial charge in [0.05, 0.1) is 6.61 Å². The number of phenolic OH excluding ortho intramolecular Hbond substituents is 2. The van der Waals surface area contributed by atoms with Crippen LogP contribution in [0, 0.1) is 0 Å². The van der Waals surface area contributed by atoms with E-state index in [1.54, 1.807) is 0 Å². The summed E-state index contributed by atoms with van der Waals surface area (Å²) in [5.74, 6) is 0.485. The smallest absolute Gasteiger partial charge is 0.126 e. The SMILES string of the molecule is C=CCCCOc1cc(O)cc(O)c1. The molecule has 0 aliphatic heterocycles. The number of unbranched alkanes of at least 4 members (excludes halogenated alkanes) is 1. The summed E-state index contributed by atoms with van der Waals surface area (Å²) in [5, 5.41) is 18.3. The first-order valence-electron chi connectivity index (χ1n) is 4.49. The molecule has 0 aromatic heterocycles. The summed E-state index contributed by atoms with van der Waals surface area (Å²) < 4.78 is 5.30. The number of benzene rings is 1. The molecule has 0 saturated heterocycles. The van der Waals surface area contributed by atoms with E-state index in [1.807, 2.05) is 6.08 Å². The number of rotatable bonds is 5. The highest BCUT2D eigenvalue weighted by Crippen LogP contribution is 2.25. The van der Waals surface area contributed by atoms with E-state index in [2.05, 4.69) is 6.58 Å². The van der Waals surface area contributed by atoms with E-state index in [-0.39, 0.29) is 11.5 Å². The Hall–Kier alpha value is -1.64. The Bertz CT molecular complexity index is 287. The van der Waals surface area contributed by atoms with Crippen molar-refractivity contribution >= 4 is 0 Å². The summed E-state index contributed by atoms with van der Waals surface area (Å²) in [5.41, 5.74) is 0. The molecular formula is C11H14O3. The van der Waals surface area contributed by atoms with E-state index in [0.29, 0.717) is 12.4 Å². The molecule has 3 nitrogen and oxygen atoms in total. The van der Waals surface area contributed by atoms with E-state index in [1.165, 1.54) is 18.2 Å². The fourth-order valence-corrected chi connectivity index (χ4v) is 1.07. The van der Waals surface area contributed by atoms with Gasteiger partial charge in [-0.05, 0) is 12.8 Å². The zero-order valence-corrected chi connectivity index (χ0v) is 7.94. The molecule has 0 fully saturated rings. The van der Waals surface area contributed by atoms with Crippen LogP contribution in [0.25, 0.3) is 0 Å². The van der Waals surface area contributed by atoms with Gasteiger partial charge in [0.25, 0.3) is 0 Å². The highest BCUT2D eigenvalue weighted by atomic mass is 16.5. The summed E-state index contributed by atoms with van der Waals surface area (Å²) in [6.45, 7) is 4.15. The summed E-state index contributed by atoms with van der Waals surface area (Å²) in [4.78, 5) is 0. The molecule has 2 N–H and O–H groups in total. The number of aromatic hydroxyl groups is 2. The van der Waals surface area contributed by atoms with Gasteiger partial charge in [-0.1, -0.05) is 6.08 Å². The van der Waals surface area contributed by atoms with Gasteiger partial charge >= 0.3 is 0 Å². The summed E-state index contributed by atoms with van der Waals surface area (Å²) >= 11 is 0. The lowest BCUT2D eigenvalue weighted by Gasteiger charge is -2.05. The fourth-order valence-electron chi connectivity index (χ4n) is 1.07. The van der Waals surface area contributed by atoms with Crippen molar-refractivity contribution in [3.05, 3.63) is 30.9 Å². The van der Waals surface area contributed by atoms with E-state index in [9.17, 15) is 0 Å². The molecule has 3 heteroatoms. The molecule has 0 heterocycles. The Morgan fingerprint density at radius 1 is 1.21 bits per heavy atom. The van der Waals surface area contributed by atoms with Crippen molar-refractivity contribution in [3.8, 4) is 17.2 Å². The van der Waals surface area contributed by atoms with Crippen molar-refractivity contribution in [2.75, 3.05) is 6.61 Å². The van der Waals surface area contributed by atoms with Gasteiger partial charge in [0, 0.05) is 18.2 Å². The zero-order chi connectivity index (χ0) is 10.4. The molecule has 0 aliphatic rings.